The Labute approximate surface area is 114 Å². The fraction of sp³-hybridized carbons (Fsp3) is 0.462. The molecule has 2 rings (SSSR count). The van der Waals surface area contributed by atoms with Crippen LogP contribution in [0.5, 0.6) is 0 Å². The molecule has 1 N–H and O–H groups in total. The summed E-state index contributed by atoms with van der Waals surface area (Å²) in [5, 5.41) is 3.20. The molecule has 0 aliphatic heterocycles. The Balaban J connectivity index is 1.91. The summed E-state index contributed by atoms with van der Waals surface area (Å²) in [6.45, 7) is 4.48. The first-order valence-corrected chi connectivity index (χ1v) is 6.40. The molecule has 2 nitrogen and oxygen atoms in total. The maximum atomic E-state index is 12.4. The second-order valence-electron chi connectivity index (χ2n) is 4.63. The first-order chi connectivity index (χ1) is 8.88. The Morgan fingerprint density at radius 3 is 2.68 bits per heavy atom. The fourth-order valence-electron chi connectivity index (χ4n) is 1.72. The zero-order chi connectivity index (χ0) is 14.0. The topological polar surface area (TPSA) is 24.9 Å². The molecule has 1 aliphatic carbocycles. The molecule has 1 aromatic rings. The lowest BCUT2D eigenvalue weighted by atomic mass is 10.2. The minimum Gasteiger partial charge on any atom is -0.388 e. The Bertz CT molecular complexity index is 481. The molecule has 0 bridgehead atoms. The second-order valence-corrected chi connectivity index (χ2v) is 5.03. The van der Waals surface area contributed by atoms with Gasteiger partial charge in [0, 0.05) is 24.9 Å². The molecule has 0 spiro atoms. The van der Waals surface area contributed by atoms with Crippen LogP contribution < -0.4 is 5.32 Å². The zero-order valence-electron chi connectivity index (χ0n) is 10.2. The number of pyridine rings is 1. The van der Waals surface area contributed by atoms with E-state index in [-0.39, 0.29) is 5.02 Å². The van der Waals surface area contributed by atoms with E-state index < -0.39 is 11.7 Å². The van der Waals surface area contributed by atoms with Gasteiger partial charge >= 0.3 is 6.18 Å². The number of aromatic nitrogens is 1. The van der Waals surface area contributed by atoms with Gasteiger partial charge in [-0.25, -0.2) is 0 Å². The number of hydrogen-bond acceptors (Lipinski definition) is 2. The standard InChI is InChI=1S/C13H14ClF3N2/c1-8(9-2-3-9)18-5-4-12-11(14)6-10(7-19-12)13(15,16)17/h6-7,9,18H,1-5H2. The van der Waals surface area contributed by atoms with E-state index in [0.717, 1.165) is 30.8 Å². The van der Waals surface area contributed by atoms with E-state index in [1.807, 2.05) is 0 Å². The third-order valence-corrected chi connectivity index (χ3v) is 3.36. The van der Waals surface area contributed by atoms with Crippen LogP contribution in [-0.2, 0) is 12.6 Å². The highest BCUT2D eigenvalue weighted by Gasteiger charge is 2.31. The largest absolute Gasteiger partial charge is 0.417 e. The van der Waals surface area contributed by atoms with E-state index >= 15 is 0 Å². The monoisotopic (exact) mass is 290 g/mol. The minimum absolute atomic E-state index is 0.0497. The van der Waals surface area contributed by atoms with Crippen molar-refractivity contribution in [3.8, 4) is 0 Å². The molecule has 0 saturated heterocycles. The van der Waals surface area contributed by atoms with E-state index in [1.165, 1.54) is 0 Å². The van der Waals surface area contributed by atoms with Gasteiger partial charge < -0.3 is 5.32 Å². The third-order valence-electron chi connectivity index (χ3n) is 3.03. The van der Waals surface area contributed by atoms with Crippen molar-refractivity contribution < 1.29 is 13.2 Å². The van der Waals surface area contributed by atoms with E-state index in [1.54, 1.807) is 0 Å². The van der Waals surface area contributed by atoms with Crippen LogP contribution in [0.15, 0.2) is 24.5 Å². The predicted octanol–water partition coefficient (Wildman–Crippen LogP) is 3.81. The van der Waals surface area contributed by atoms with Gasteiger partial charge in [-0.1, -0.05) is 18.2 Å². The van der Waals surface area contributed by atoms with Crippen LogP contribution in [0.2, 0.25) is 5.02 Å². The molecule has 1 fully saturated rings. The SMILES string of the molecule is C=C(NCCc1ncc(C(F)(F)F)cc1Cl)C1CC1. The molecule has 6 heteroatoms. The normalized spacial score (nSPS) is 15.4. The average molecular weight is 291 g/mol. The molecule has 0 unspecified atom stereocenters. The minimum atomic E-state index is -4.41. The van der Waals surface area contributed by atoms with Gasteiger partial charge in [0.2, 0.25) is 0 Å². The van der Waals surface area contributed by atoms with Gasteiger partial charge in [0.25, 0.3) is 0 Å². The molecule has 0 atom stereocenters. The highest BCUT2D eigenvalue weighted by Crippen LogP contribution is 2.34. The van der Waals surface area contributed by atoms with Gasteiger partial charge in [-0.15, -0.1) is 0 Å². The van der Waals surface area contributed by atoms with E-state index in [2.05, 4.69) is 16.9 Å². The van der Waals surface area contributed by atoms with Crippen molar-refractivity contribution in [3.63, 3.8) is 0 Å². The third kappa shape index (κ3) is 3.86. The summed E-state index contributed by atoms with van der Waals surface area (Å²) in [5.74, 6) is 0.552. The number of rotatable bonds is 5. The van der Waals surface area contributed by atoms with Gasteiger partial charge in [-0.05, 0) is 24.8 Å². The molecule has 0 aromatic carbocycles. The Morgan fingerprint density at radius 1 is 1.47 bits per heavy atom. The molecule has 1 saturated carbocycles. The lowest BCUT2D eigenvalue weighted by Gasteiger charge is -2.11. The second kappa shape index (κ2) is 5.41. The van der Waals surface area contributed by atoms with Crippen molar-refractivity contribution in [1.82, 2.24) is 10.3 Å². The van der Waals surface area contributed by atoms with Crippen LogP contribution in [0, 0.1) is 5.92 Å². The highest BCUT2D eigenvalue weighted by atomic mass is 35.5. The van der Waals surface area contributed by atoms with Gasteiger partial charge in [0.1, 0.15) is 0 Å². The average Bonchev–Trinajstić information content (AvgIpc) is 3.13. The molecule has 19 heavy (non-hydrogen) atoms. The Morgan fingerprint density at radius 2 is 2.16 bits per heavy atom. The van der Waals surface area contributed by atoms with Crippen LogP contribution >= 0.6 is 11.6 Å². The zero-order valence-corrected chi connectivity index (χ0v) is 11.0. The number of allylic oxidation sites excluding steroid dienone is 1. The molecule has 1 aliphatic rings. The van der Waals surface area contributed by atoms with Crippen LogP contribution in [-0.4, -0.2) is 11.5 Å². The van der Waals surface area contributed by atoms with E-state index in [4.69, 9.17) is 11.6 Å². The first kappa shape index (κ1) is 14.2. The number of nitrogens with one attached hydrogen (secondary N) is 1. The molecule has 1 heterocycles. The smallest absolute Gasteiger partial charge is 0.388 e. The summed E-state index contributed by atoms with van der Waals surface area (Å²) < 4.78 is 37.3. The molecule has 0 radical (unpaired) electrons. The van der Waals surface area contributed by atoms with Crippen LogP contribution in [0.3, 0.4) is 0 Å². The lowest BCUT2D eigenvalue weighted by Crippen LogP contribution is -2.18. The summed E-state index contributed by atoms with van der Waals surface area (Å²) in [6, 6.07) is 0.916. The summed E-state index contributed by atoms with van der Waals surface area (Å²) in [7, 11) is 0. The fourth-order valence-corrected chi connectivity index (χ4v) is 1.98. The first-order valence-electron chi connectivity index (χ1n) is 6.02. The van der Waals surface area contributed by atoms with Crippen molar-refractivity contribution in [3.05, 3.63) is 40.8 Å². The summed E-state index contributed by atoms with van der Waals surface area (Å²) in [4.78, 5) is 3.78. The maximum Gasteiger partial charge on any atom is 0.417 e. The van der Waals surface area contributed by atoms with Crippen molar-refractivity contribution in [1.29, 1.82) is 0 Å². The predicted molar refractivity (Wildman–Crippen MR) is 67.8 cm³/mol. The summed E-state index contributed by atoms with van der Waals surface area (Å²) in [5.41, 5.74) is 0.630. The summed E-state index contributed by atoms with van der Waals surface area (Å²) in [6.07, 6.45) is -0.802. The summed E-state index contributed by atoms with van der Waals surface area (Å²) >= 11 is 5.81. The number of halogens is 4. The number of hydrogen-bond donors (Lipinski definition) is 1. The van der Waals surface area contributed by atoms with Gasteiger partial charge in [0.15, 0.2) is 0 Å². The quantitative estimate of drug-likeness (QED) is 0.892. The van der Waals surface area contributed by atoms with Crippen LogP contribution in [0.1, 0.15) is 24.1 Å². The van der Waals surface area contributed by atoms with Gasteiger partial charge in [-0.3, -0.25) is 4.98 Å². The number of alkyl halides is 3. The molecule has 0 amide bonds. The molecule has 1 aromatic heterocycles. The Kier molecular flexibility index (Phi) is 4.04. The molecule has 104 valence electrons. The van der Waals surface area contributed by atoms with Crippen LogP contribution in [0.4, 0.5) is 13.2 Å². The molecular weight excluding hydrogens is 277 g/mol. The number of nitrogens with zero attached hydrogens (tertiary/aromatic N) is 1. The van der Waals surface area contributed by atoms with Crippen molar-refractivity contribution in [2.45, 2.75) is 25.4 Å². The molecular formula is C13H14ClF3N2. The van der Waals surface area contributed by atoms with E-state index in [9.17, 15) is 13.2 Å². The highest BCUT2D eigenvalue weighted by molar-refractivity contribution is 6.31. The van der Waals surface area contributed by atoms with Gasteiger partial charge in [-0.2, -0.15) is 13.2 Å². The van der Waals surface area contributed by atoms with Crippen molar-refractivity contribution in [2.75, 3.05) is 6.54 Å². The maximum absolute atomic E-state index is 12.4. The van der Waals surface area contributed by atoms with Crippen LogP contribution in [0.25, 0.3) is 0 Å². The van der Waals surface area contributed by atoms with Gasteiger partial charge in [0.05, 0.1) is 16.3 Å². The Hall–Kier alpha value is -1.23. The lowest BCUT2D eigenvalue weighted by molar-refractivity contribution is -0.137. The van der Waals surface area contributed by atoms with Crippen molar-refractivity contribution in [2.24, 2.45) is 5.92 Å². The van der Waals surface area contributed by atoms with Crippen molar-refractivity contribution >= 4 is 11.6 Å². The van der Waals surface area contributed by atoms with E-state index in [0.29, 0.717) is 24.6 Å².